The topological polar surface area (TPSA) is 118 Å². The molecule has 0 fully saturated rings. The molecule has 0 saturated heterocycles. The maximum Gasteiger partial charge on any atom is 0.347 e. The normalized spacial score (nSPS) is 15.7. The zero-order chi connectivity index (χ0) is 23.0. The molecule has 0 unspecified atom stereocenters. The highest BCUT2D eigenvalue weighted by Gasteiger charge is 2.27. The summed E-state index contributed by atoms with van der Waals surface area (Å²) in [6.07, 6.45) is 0.563. The van der Waals surface area contributed by atoms with Crippen molar-refractivity contribution in [1.82, 2.24) is 10.2 Å². The molecular weight excluding hydrogens is 457 g/mol. The number of hydrazone groups is 1. The van der Waals surface area contributed by atoms with Crippen molar-refractivity contribution in [2.75, 3.05) is 18.3 Å². The number of carbonyl (C=O) groups excluding carboxylic acids is 2. The molecule has 0 spiro atoms. The first-order chi connectivity index (χ1) is 15.3. The molecule has 2 heterocycles. The Morgan fingerprint density at radius 2 is 1.97 bits per heavy atom. The summed E-state index contributed by atoms with van der Waals surface area (Å²) in [6.45, 7) is 3.63. The second-order valence-corrected chi connectivity index (χ2v) is 7.71. The van der Waals surface area contributed by atoms with E-state index in [1.807, 2.05) is 6.07 Å². The molecule has 2 N–H and O–H groups in total. The van der Waals surface area contributed by atoms with E-state index in [4.69, 9.17) is 33.2 Å². The lowest BCUT2D eigenvalue weighted by Crippen LogP contribution is -2.42. The maximum absolute atomic E-state index is 12.3. The van der Waals surface area contributed by atoms with Gasteiger partial charge in [0.1, 0.15) is 18.5 Å². The first-order valence-corrected chi connectivity index (χ1v) is 10.1. The Bertz CT molecular complexity index is 1210. The van der Waals surface area contributed by atoms with Gasteiger partial charge in [0.25, 0.3) is 5.91 Å². The Morgan fingerprint density at radius 3 is 2.62 bits per heavy atom. The molecule has 3 amide bonds. The number of nitriles is 1. The van der Waals surface area contributed by atoms with Crippen molar-refractivity contribution in [3.8, 4) is 17.6 Å². The number of hydrogen-bond donors (Lipinski definition) is 2. The fourth-order valence-electron chi connectivity index (χ4n) is 3.31. The first kappa shape index (κ1) is 21.6. The van der Waals surface area contributed by atoms with Crippen molar-refractivity contribution in [2.45, 2.75) is 6.42 Å². The second kappa shape index (κ2) is 8.51. The van der Waals surface area contributed by atoms with Gasteiger partial charge in [-0.3, -0.25) is 4.79 Å². The number of allylic oxidation sites excluding steroid dienone is 1. The Labute approximate surface area is 192 Å². The van der Waals surface area contributed by atoms with E-state index in [0.717, 1.165) is 10.6 Å². The molecule has 32 heavy (non-hydrogen) atoms. The van der Waals surface area contributed by atoms with Crippen LogP contribution in [-0.4, -0.2) is 40.9 Å². The minimum atomic E-state index is -0.619. The summed E-state index contributed by atoms with van der Waals surface area (Å²) in [6, 6.07) is 9.02. The molecule has 9 nitrogen and oxygen atoms in total. The number of rotatable bonds is 4. The minimum Gasteiger partial charge on any atom is -0.454 e. The quantitative estimate of drug-likeness (QED) is 0.704. The number of aliphatic hydroxyl groups excluding tert-OH is 1. The van der Waals surface area contributed by atoms with Gasteiger partial charge >= 0.3 is 6.03 Å². The molecule has 162 valence electrons. The van der Waals surface area contributed by atoms with E-state index < -0.39 is 6.03 Å². The van der Waals surface area contributed by atoms with Crippen molar-refractivity contribution in [3.63, 3.8) is 0 Å². The number of nitrogens with one attached hydrogen (secondary N) is 1. The summed E-state index contributed by atoms with van der Waals surface area (Å²) in [5, 5.41) is 26.0. The number of urea groups is 1. The average molecular weight is 472 g/mol. The maximum atomic E-state index is 12.3. The minimum absolute atomic E-state index is 0.0551. The second-order valence-electron chi connectivity index (χ2n) is 6.90. The number of halogens is 2. The molecule has 2 aliphatic rings. The fraction of sp³-hybridized carbons (Fsp3) is 0.143. The van der Waals surface area contributed by atoms with Crippen LogP contribution in [0.15, 0.2) is 47.7 Å². The lowest BCUT2D eigenvalue weighted by atomic mass is 9.99. The predicted molar refractivity (Wildman–Crippen MR) is 118 cm³/mol. The molecule has 2 aromatic rings. The third-order valence-electron chi connectivity index (χ3n) is 4.91. The van der Waals surface area contributed by atoms with E-state index in [0.29, 0.717) is 24.3 Å². The van der Waals surface area contributed by atoms with Gasteiger partial charge in [-0.1, -0.05) is 29.8 Å². The third-order valence-corrected chi connectivity index (χ3v) is 5.47. The van der Waals surface area contributed by atoms with Gasteiger partial charge in [-0.15, -0.1) is 0 Å². The number of ether oxygens (including phenoxy) is 1. The van der Waals surface area contributed by atoms with Gasteiger partial charge in [0.15, 0.2) is 11.5 Å². The van der Waals surface area contributed by atoms with Crippen LogP contribution in [0.5, 0.6) is 11.5 Å². The predicted octanol–water partition coefficient (Wildman–Crippen LogP) is 3.66. The van der Waals surface area contributed by atoms with Crippen LogP contribution in [0.25, 0.3) is 0 Å². The van der Waals surface area contributed by atoms with Gasteiger partial charge in [-0.25, -0.2) is 4.79 Å². The summed E-state index contributed by atoms with van der Waals surface area (Å²) in [5.41, 5.74) is 1.54. The Hall–Kier alpha value is -3.58. The molecule has 0 aliphatic carbocycles. The summed E-state index contributed by atoms with van der Waals surface area (Å²) in [4.78, 5) is 25.9. The zero-order valence-electron chi connectivity index (χ0n) is 16.4. The van der Waals surface area contributed by atoms with E-state index in [9.17, 15) is 14.7 Å². The van der Waals surface area contributed by atoms with Crippen LogP contribution < -0.4 is 15.1 Å². The van der Waals surface area contributed by atoms with Crippen molar-refractivity contribution >= 4 is 46.5 Å². The first-order valence-electron chi connectivity index (χ1n) is 9.31. The number of anilines is 1. The lowest BCUT2D eigenvalue weighted by molar-refractivity contribution is 0.0535. The van der Waals surface area contributed by atoms with Gasteiger partial charge < -0.3 is 20.1 Å². The van der Waals surface area contributed by atoms with E-state index in [-0.39, 0.29) is 45.5 Å². The van der Waals surface area contributed by atoms with Crippen molar-refractivity contribution in [3.05, 3.63) is 63.8 Å². The monoisotopic (exact) mass is 471 g/mol. The summed E-state index contributed by atoms with van der Waals surface area (Å²) in [7, 11) is 0. The lowest BCUT2D eigenvalue weighted by Gasteiger charge is -2.27. The highest BCUT2D eigenvalue weighted by molar-refractivity contribution is 6.37. The molecule has 0 radical (unpaired) electrons. The molecule has 11 heteroatoms. The molecule has 0 aromatic heterocycles. The number of amides is 3. The number of fused-ring (bicyclic) bond motifs is 1. The van der Waals surface area contributed by atoms with Crippen LogP contribution in [0, 0.1) is 11.3 Å². The smallest absolute Gasteiger partial charge is 0.347 e. The number of carbonyl (C=O) groups is 2. The standard InChI is InChI=1S/C21H15Cl2N5O4/c1-11-18(9-24)26-28(21(31)25-11)13-7-16(22)19(17(23)8-13)32-14-2-3-15-12(6-14)4-5-27(10-29)20(15)30/h2-3,6-8,29H,1,4-5,10H2,(H,25,31). The van der Waals surface area contributed by atoms with Crippen LogP contribution >= 0.6 is 23.2 Å². The summed E-state index contributed by atoms with van der Waals surface area (Å²) < 4.78 is 5.86. The van der Waals surface area contributed by atoms with Crippen molar-refractivity contribution in [1.29, 1.82) is 5.26 Å². The number of benzene rings is 2. The SMILES string of the molecule is C=C1NC(=O)N(c2cc(Cl)c(Oc3ccc4c(c3)CCN(CO)C4=O)c(Cl)c2)N=C1C#N. The highest BCUT2D eigenvalue weighted by Crippen LogP contribution is 2.40. The molecule has 2 aromatic carbocycles. The van der Waals surface area contributed by atoms with E-state index in [2.05, 4.69) is 17.0 Å². The zero-order valence-corrected chi connectivity index (χ0v) is 17.9. The number of nitrogens with zero attached hydrogens (tertiary/aromatic N) is 4. The highest BCUT2D eigenvalue weighted by atomic mass is 35.5. The molecular formula is C21H15Cl2N5O4. The Balaban J connectivity index is 1.62. The van der Waals surface area contributed by atoms with Gasteiger partial charge in [-0.2, -0.15) is 15.4 Å². The molecule has 2 aliphatic heterocycles. The number of aliphatic hydroxyl groups is 1. The van der Waals surface area contributed by atoms with E-state index in [1.165, 1.54) is 17.0 Å². The van der Waals surface area contributed by atoms with Crippen molar-refractivity contribution < 1.29 is 19.4 Å². The average Bonchev–Trinajstić information content (AvgIpc) is 2.76. The van der Waals surface area contributed by atoms with Crippen LogP contribution in [0.2, 0.25) is 10.0 Å². The van der Waals surface area contributed by atoms with Crippen molar-refractivity contribution in [2.24, 2.45) is 5.10 Å². The largest absolute Gasteiger partial charge is 0.454 e. The van der Waals surface area contributed by atoms with E-state index >= 15 is 0 Å². The van der Waals surface area contributed by atoms with Crippen LogP contribution in [0.4, 0.5) is 10.5 Å². The third kappa shape index (κ3) is 3.87. The molecule has 4 rings (SSSR count). The fourth-order valence-corrected chi connectivity index (χ4v) is 3.86. The molecule has 0 bridgehead atoms. The van der Waals surface area contributed by atoms with Crippen LogP contribution in [-0.2, 0) is 6.42 Å². The number of hydrogen-bond acceptors (Lipinski definition) is 6. The van der Waals surface area contributed by atoms with Crippen LogP contribution in [0.1, 0.15) is 15.9 Å². The Morgan fingerprint density at radius 1 is 1.25 bits per heavy atom. The van der Waals surface area contributed by atoms with Gasteiger partial charge in [0, 0.05) is 12.1 Å². The summed E-state index contributed by atoms with van der Waals surface area (Å²) >= 11 is 12.7. The van der Waals surface area contributed by atoms with Gasteiger partial charge in [-0.05, 0) is 42.3 Å². The van der Waals surface area contributed by atoms with Crippen LogP contribution in [0.3, 0.4) is 0 Å². The van der Waals surface area contributed by atoms with E-state index in [1.54, 1.807) is 18.2 Å². The molecule has 0 atom stereocenters. The molecule has 0 saturated carbocycles. The Kier molecular flexibility index (Phi) is 5.76. The van der Waals surface area contributed by atoms with Gasteiger partial charge in [0.05, 0.1) is 21.4 Å². The summed E-state index contributed by atoms with van der Waals surface area (Å²) in [5.74, 6) is 0.324. The van der Waals surface area contributed by atoms with Gasteiger partial charge in [0.2, 0.25) is 0 Å².